The monoisotopic (exact) mass is 407 g/mol. The predicted octanol–water partition coefficient (Wildman–Crippen LogP) is 3.23. The first-order chi connectivity index (χ1) is 11.9. The Labute approximate surface area is 151 Å². The highest BCUT2D eigenvalue weighted by atomic mass is 79.9. The lowest BCUT2D eigenvalue weighted by Gasteiger charge is -2.08. The number of hydrogen-bond acceptors (Lipinski definition) is 6. The van der Waals surface area contributed by atoms with E-state index in [-0.39, 0.29) is 22.7 Å². The number of aromatic hydroxyl groups is 1. The van der Waals surface area contributed by atoms with Crippen molar-refractivity contribution in [3.63, 3.8) is 0 Å². The van der Waals surface area contributed by atoms with Crippen molar-refractivity contribution in [2.24, 2.45) is 5.10 Å². The lowest BCUT2D eigenvalue weighted by molar-refractivity contribution is -0.384. The number of nitrogens with one attached hydrogen (secondary N) is 1. The number of benzene rings is 2. The first-order valence-corrected chi connectivity index (χ1v) is 7.94. The van der Waals surface area contributed by atoms with Crippen LogP contribution in [0.4, 0.5) is 5.69 Å². The quantitative estimate of drug-likeness (QED) is 0.433. The van der Waals surface area contributed by atoms with Crippen molar-refractivity contribution in [1.29, 1.82) is 0 Å². The van der Waals surface area contributed by atoms with E-state index in [0.717, 1.165) is 6.07 Å². The molecule has 0 unspecified atom stereocenters. The number of carbonyl (C=O) groups excluding carboxylic acids is 1. The van der Waals surface area contributed by atoms with Crippen molar-refractivity contribution in [1.82, 2.24) is 5.43 Å². The summed E-state index contributed by atoms with van der Waals surface area (Å²) in [7, 11) is 0. The van der Waals surface area contributed by atoms with Crippen LogP contribution in [-0.4, -0.2) is 28.8 Å². The molecule has 2 N–H and O–H groups in total. The van der Waals surface area contributed by atoms with Crippen LogP contribution in [0.5, 0.6) is 11.5 Å². The van der Waals surface area contributed by atoms with E-state index in [1.54, 1.807) is 19.1 Å². The molecule has 2 rings (SSSR count). The number of halogens is 1. The fourth-order valence-corrected chi connectivity index (χ4v) is 2.38. The van der Waals surface area contributed by atoms with E-state index in [9.17, 15) is 20.0 Å². The molecular weight excluding hydrogens is 394 g/mol. The minimum absolute atomic E-state index is 0.0281. The highest BCUT2D eigenvalue weighted by Gasteiger charge is 2.11. The van der Waals surface area contributed by atoms with Gasteiger partial charge in [0.1, 0.15) is 0 Å². The van der Waals surface area contributed by atoms with E-state index in [1.807, 2.05) is 0 Å². The van der Waals surface area contributed by atoms with E-state index in [4.69, 9.17) is 4.74 Å². The zero-order valence-electron chi connectivity index (χ0n) is 13.1. The summed E-state index contributed by atoms with van der Waals surface area (Å²) >= 11 is 3.20. The van der Waals surface area contributed by atoms with Crippen LogP contribution in [0.1, 0.15) is 22.8 Å². The Balaban J connectivity index is 2.11. The van der Waals surface area contributed by atoms with Crippen LogP contribution in [0, 0.1) is 10.1 Å². The number of hydrazone groups is 1. The van der Waals surface area contributed by atoms with Crippen molar-refractivity contribution in [2.45, 2.75) is 6.92 Å². The minimum Gasteiger partial charge on any atom is -0.503 e. The lowest BCUT2D eigenvalue weighted by atomic mass is 10.2. The maximum absolute atomic E-state index is 12.0. The zero-order valence-corrected chi connectivity index (χ0v) is 14.7. The molecule has 130 valence electrons. The van der Waals surface area contributed by atoms with Crippen LogP contribution in [-0.2, 0) is 0 Å². The number of hydrogen-bond donors (Lipinski definition) is 2. The maximum atomic E-state index is 12.0. The highest BCUT2D eigenvalue weighted by Crippen LogP contribution is 2.35. The Morgan fingerprint density at radius 2 is 2.20 bits per heavy atom. The number of ether oxygens (including phenoxy) is 1. The normalized spacial score (nSPS) is 10.6. The number of carbonyl (C=O) groups is 1. The molecule has 0 saturated heterocycles. The van der Waals surface area contributed by atoms with Gasteiger partial charge in [0.25, 0.3) is 11.6 Å². The van der Waals surface area contributed by atoms with Gasteiger partial charge in [-0.05, 0) is 46.6 Å². The molecule has 0 aliphatic heterocycles. The fraction of sp³-hybridized carbons (Fsp3) is 0.125. The Morgan fingerprint density at radius 3 is 2.88 bits per heavy atom. The molecule has 8 nitrogen and oxygen atoms in total. The molecule has 2 aromatic rings. The Hall–Kier alpha value is -2.94. The van der Waals surface area contributed by atoms with Gasteiger partial charge in [0.15, 0.2) is 11.5 Å². The molecular formula is C16H14BrN3O5. The molecule has 0 spiro atoms. The fourth-order valence-electron chi connectivity index (χ4n) is 1.92. The Morgan fingerprint density at radius 1 is 1.44 bits per heavy atom. The van der Waals surface area contributed by atoms with Gasteiger partial charge in [0.2, 0.25) is 0 Å². The van der Waals surface area contributed by atoms with E-state index < -0.39 is 10.8 Å². The summed E-state index contributed by atoms with van der Waals surface area (Å²) in [6.07, 6.45) is 1.36. The number of nitro benzene ring substituents is 1. The summed E-state index contributed by atoms with van der Waals surface area (Å²) < 4.78 is 5.72. The Kier molecular flexibility index (Phi) is 6.07. The summed E-state index contributed by atoms with van der Waals surface area (Å²) in [5, 5.41) is 24.4. The van der Waals surface area contributed by atoms with Gasteiger partial charge in [-0.1, -0.05) is 6.07 Å². The van der Waals surface area contributed by atoms with Crippen LogP contribution < -0.4 is 10.2 Å². The van der Waals surface area contributed by atoms with Crippen molar-refractivity contribution >= 4 is 33.7 Å². The molecule has 0 heterocycles. The summed E-state index contributed by atoms with van der Waals surface area (Å²) in [5.41, 5.74) is 2.80. The van der Waals surface area contributed by atoms with Crippen LogP contribution in [0.3, 0.4) is 0 Å². The van der Waals surface area contributed by atoms with E-state index in [1.165, 1.54) is 24.4 Å². The molecule has 0 aromatic heterocycles. The molecule has 0 fully saturated rings. The second kappa shape index (κ2) is 8.25. The van der Waals surface area contributed by atoms with Crippen LogP contribution in [0.25, 0.3) is 0 Å². The number of nitrogens with zero attached hydrogens (tertiary/aromatic N) is 2. The number of nitro groups is 1. The van der Waals surface area contributed by atoms with Crippen molar-refractivity contribution in [3.8, 4) is 11.5 Å². The highest BCUT2D eigenvalue weighted by molar-refractivity contribution is 9.10. The molecule has 25 heavy (non-hydrogen) atoms. The van der Waals surface area contributed by atoms with Gasteiger partial charge >= 0.3 is 0 Å². The molecule has 2 aromatic carbocycles. The SMILES string of the molecule is CCOc1cc(C=NNC(=O)c2cccc([N+](=O)[O-])c2)cc(Br)c1O. The number of non-ortho nitro benzene ring substituents is 1. The number of phenols is 1. The third-order valence-corrected chi connectivity index (χ3v) is 3.65. The molecule has 0 aliphatic rings. The van der Waals surface area contributed by atoms with Crippen LogP contribution in [0.2, 0.25) is 0 Å². The van der Waals surface area contributed by atoms with Gasteiger partial charge in [-0.25, -0.2) is 5.43 Å². The van der Waals surface area contributed by atoms with E-state index >= 15 is 0 Å². The second-order valence-corrected chi connectivity index (χ2v) is 5.64. The van der Waals surface area contributed by atoms with Gasteiger partial charge in [0.05, 0.1) is 22.2 Å². The van der Waals surface area contributed by atoms with E-state index in [0.29, 0.717) is 16.6 Å². The second-order valence-electron chi connectivity index (χ2n) is 4.79. The Bertz CT molecular complexity index is 839. The largest absolute Gasteiger partial charge is 0.503 e. The van der Waals surface area contributed by atoms with Gasteiger partial charge < -0.3 is 9.84 Å². The van der Waals surface area contributed by atoms with Gasteiger partial charge in [-0.3, -0.25) is 14.9 Å². The van der Waals surface area contributed by atoms with Gasteiger partial charge in [-0.15, -0.1) is 0 Å². The van der Waals surface area contributed by atoms with Crippen molar-refractivity contribution in [3.05, 3.63) is 62.1 Å². The summed E-state index contributed by atoms with van der Waals surface area (Å²) in [5.74, 6) is -0.328. The maximum Gasteiger partial charge on any atom is 0.271 e. The zero-order chi connectivity index (χ0) is 18.4. The van der Waals surface area contributed by atoms with Gasteiger partial charge in [-0.2, -0.15) is 5.10 Å². The third-order valence-electron chi connectivity index (χ3n) is 3.05. The topological polar surface area (TPSA) is 114 Å². The summed E-state index contributed by atoms with van der Waals surface area (Å²) in [6, 6.07) is 8.48. The molecule has 0 saturated carbocycles. The molecule has 0 radical (unpaired) electrons. The average Bonchev–Trinajstić information content (AvgIpc) is 2.59. The molecule has 9 heteroatoms. The van der Waals surface area contributed by atoms with Crippen molar-refractivity contribution in [2.75, 3.05) is 6.61 Å². The molecule has 0 atom stereocenters. The predicted molar refractivity (Wildman–Crippen MR) is 95.1 cm³/mol. The minimum atomic E-state index is -0.581. The number of amides is 1. The van der Waals surface area contributed by atoms with Crippen LogP contribution in [0.15, 0.2) is 46.0 Å². The standard InChI is InChI=1S/C16H14BrN3O5/c1-2-25-14-7-10(6-13(17)15(14)21)9-18-19-16(22)11-4-3-5-12(8-11)20(23)24/h3-9,21H,2H2,1H3,(H,19,22). The first kappa shape index (κ1) is 18.4. The van der Waals surface area contributed by atoms with E-state index in [2.05, 4.69) is 26.5 Å². The summed E-state index contributed by atoms with van der Waals surface area (Å²) in [6.45, 7) is 2.16. The summed E-state index contributed by atoms with van der Waals surface area (Å²) in [4.78, 5) is 22.1. The number of phenolic OH excluding ortho intramolecular Hbond substituents is 1. The van der Waals surface area contributed by atoms with Crippen molar-refractivity contribution < 1.29 is 19.6 Å². The molecule has 0 aliphatic carbocycles. The van der Waals surface area contributed by atoms with Gasteiger partial charge in [0, 0.05) is 17.7 Å². The lowest BCUT2D eigenvalue weighted by Crippen LogP contribution is -2.17. The average molecular weight is 408 g/mol. The first-order valence-electron chi connectivity index (χ1n) is 7.15. The smallest absolute Gasteiger partial charge is 0.271 e. The molecule has 0 bridgehead atoms. The molecule has 1 amide bonds. The third kappa shape index (κ3) is 4.77. The van der Waals surface area contributed by atoms with Crippen LogP contribution >= 0.6 is 15.9 Å². The number of rotatable bonds is 6.